The molecule has 142 valence electrons. The molecule has 0 bridgehead atoms. The van der Waals surface area contributed by atoms with Crippen molar-refractivity contribution < 1.29 is 14.7 Å². The summed E-state index contributed by atoms with van der Waals surface area (Å²) in [6.07, 6.45) is 1.56. The maximum atomic E-state index is 12.4. The molecule has 1 unspecified atom stereocenters. The minimum atomic E-state index is -0.992. The first-order valence-electron chi connectivity index (χ1n) is 8.77. The van der Waals surface area contributed by atoms with Crippen LogP contribution in [0, 0.1) is 0 Å². The van der Waals surface area contributed by atoms with E-state index in [-0.39, 0.29) is 18.1 Å². The SMILES string of the molecule is Nc1nccc(C(=O)NC(CC(=O)O)Cc2ccc(-c3ccccc3)cc2)n1. The monoisotopic (exact) mass is 376 g/mol. The lowest BCUT2D eigenvalue weighted by Crippen LogP contribution is -2.38. The number of nitrogens with zero attached hydrogens (tertiary/aromatic N) is 2. The van der Waals surface area contributed by atoms with Crippen molar-refractivity contribution in [1.29, 1.82) is 0 Å². The second kappa shape index (κ2) is 8.77. The van der Waals surface area contributed by atoms with Gasteiger partial charge < -0.3 is 16.2 Å². The molecule has 1 heterocycles. The molecule has 0 spiro atoms. The van der Waals surface area contributed by atoms with Gasteiger partial charge in [-0.25, -0.2) is 9.97 Å². The van der Waals surface area contributed by atoms with Crippen LogP contribution in [0.2, 0.25) is 0 Å². The number of anilines is 1. The number of carboxylic acid groups (broad SMARTS) is 1. The summed E-state index contributed by atoms with van der Waals surface area (Å²) >= 11 is 0. The zero-order chi connectivity index (χ0) is 19.9. The van der Waals surface area contributed by atoms with Crippen LogP contribution in [0.5, 0.6) is 0 Å². The third kappa shape index (κ3) is 5.14. The van der Waals surface area contributed by atoms with Crippen LogP contribution >= 0.6 is 0 Å². The fraction of sp³-hybridized carbons (Fsp3) is 0.143. The lowest BCUT2D eigenvalue weighted by molar-refractivity contribution is -0.137. The summed E-state index contributed by atoms with van der Waals surface area (Å²) < 4.78 is 0. The van der Waals surface area contributed by atoms with Crippen molar-refractivity contribution in [2.75, 3.05) is 5.73 Å². The van der Waals surface area contributed by atoms with Gasteiger partial charge in [0, 0.05) is 12.2 Å². The highest BCUT2D eigenvalue weighted by Crippen LogP contribution is 2.20. The van der Waals surface area contributed by atoms with Crippen LogP contribution in [-0.2, 0) is 11.2 Å². The molecule has 0 aliphatic rings. The van der Waals surface area contributed by atoms with Gasteiger partial charge in [-0.3, -0.25) is 9.59 Å². The van der Waals surface area contributed by atoms with Crippen molar-refractivity contribution in [2.24, 2.45) is 0 Å². The van der Waals surface area contributed by atoms with Crippen LogP contribution in [0.3, 0.4) is 0 Å². The second-order valence-electron chi connectivity index (χ2n) is 6.34. The number of nitrogen functional groups attached to an aromatic ring is 1. The zero-order valence-corrected chi connectivity index (χ0v) is 15.1. The number of amides is 1. The molecule has 1 atom stereocenters. The van der Waals surface area contributed by atoms with Gasteiger partial charge in [-0.1, -0.05) is 54.6 Å². The Kier molecular flexibility index (Phi) is 5.96. The molecule has 0 saturated carbocycles. The predicted octanol–water partition coefficient (Wildman–Crippen LogP) is 2.54. The van der Waals surface area contributed by atoms with Crippen molar-refractivity contribution in [3.63, 3.8) is 0 Å². The number of nitrogens with one attached hydrogen (secondary N) is 1. The number of carboxylic acids is 1. The first-order valence-corrected chi connectivity index (χ1v) is 8.77. The van der Waals surface area contributed by atoms with Crippen LogP contribution in [-0.4, -0.2) is 33.0 Å². The molecule has 0 radical (unpaired) electrons. The predicted molar refractivity (Wildman–Crippen MR) is 106 cm³/mol. The van der Waals surface area contributed by atoms with Gasteiger partial charge in [-0.2, -0.15) is 0 Å². The van der Waals surface area contributed by atoms with E-state index in [1.165, 1.54) is 12.3 Å². The Morgan fingerprint density at radius 3 is 2.32 bits per heavy atom. The van der Waals surface area contributed by atoms with E-state index in [2.05, 4.69) is 15.3 Å². The fourth-order valence-electron chi connectivity index (χ4n) is 2.89. The Morgan fingerprint density at radius 1 is 1.00 bits per heavy atom. The number of rotatable bonds is 7. The molecule has 1 aromatic heterocycles. The van der Waals surface area contributed by atoms with Gasteiger partial charge in [0.15, 0.2) is 0 Å². The first-order chi connectivity index (χ1) is 13.5. The molecule has 3 aromatic rings. The van der Waals surface area contributed by atoms with Crippen LogP contribution in [0.1, 0.15) is 22.5 Å². The van der Waals surface area contributed by atoms with Gasteiger partial charge in [0.25, 0.3) is 5.91 Å². The minimum absolute atomic E-state index is 0.0149. The van der Waals surface area contributed by atoms with Crippen molar-refractivity contribution >= 4 is 17.8 Å². The van der Waals surface area contributed by atoms with E-state index in [0.717, 1.165) is 16.7 Å². The molecule has 0 fully saturated rings. The van der Waals surface area contributed by atoms with E-state index in [0.29, 0.717) is 6.42 Å². The number of nitrogens with two attached hydrogens (primary N) is 1. The smallest absolute Gasteiger partial charge is 0.305 e. The number of carbonyl (C=O) groups excluding carboxylic acids is 1. The van der Waals surface area contributed by atoms with Crippen molar-refractivity contribution in [3.8, 4) is 11.1 Å². The normalized spacial score (nSPS) is 11.6. The summed E-state index contributed by atoms with van der Waals surface area (Å²) in [5.74, 6) is -1.49. The van der Waals surface area contributed by atoms with Gasteiger partial charge in [-0.05, 0) is 29.2 Å². The van der Waals surface area contributed by atoms with E-state index in [1.54, 1.807) is 0 Å². The lowest BCUT2D eigenvalue weighted by atomic mass is 9.99. The Morgan fingerprint density at radius 2 is 1.68 bits per heavy atom. The first kappa shape index (κ1) is 19.0. The third-order valence-corrected chi connectivity index (χ3v) is 4.21. The van der Waals surface area contributed by atoms with Crippen molar-refractivity contribution in [1.82, 2.24) is 15.3 Å². The van der Waals surface area contributed by atoms with Crippen LogP contribution in [0.4, 0.5) is 5.95 Å². The number of hydrogen-bond donors (Lipinski definition) is 3. The zero-order valence-electron chi connectivity index (χ0n) is 15.1. The van der Waals surface area contributed by atoms with Gasteiger partial charge in [-0.15, -0.1) is 0 Å². The van der Waals surface area contributed by atoms with E-state index >= 15 is 0 Å². The molecule has 7 nitrogen and oxygen atoms in total. The summed E-state index contributed by atoms with van der Waals surface area (Å²) in [5.41, 5.74) is 8.69. The molecule has 2 aromatic carbocycles. The van der Waals surface area contributed by atoms with E-state index in [1.807, 2.05) is 54.6 Å². The molecule has 7 heteroatoms. The third-order valence-electron chi connectivity index (χ3n) is 4.21. The van der Waals surface area contributed by atoms with Crippen LogP contribution < -0.4 is 11.1 Å². The Bertz CT molecular complexity index is 959. The van der Waals surface area contributed by atoms with E-state index in [4.69, 9.17) is 5.73 Å². The highest BCUT2D eigenvalue weighted by atomic mass is 16.4. The second-order valence-corrected chi connectivity index (χ2v) is 6.34. The van der Waals surface area contributed by atoms with Gasteiger partial charge in [0.05, 0.1) is 6.42 Å². The molecule has 3 rings (SSSR count). The van der Waals surface area contributed by atoms with Crippen LogP contribution in [0.25, 0.3) is 11.1 Å². The summed E-state index contributed by atoms with van der Waals surface area (Å²) in [6.45, 7) is 0. The quantitative estimate of drug-likeness (QED) is 0.583. The van der Waals surface area contributed by atoms with Gasteiger partial charge in [0.2, 0.25) is 5.95 Å². The molecule has 0 aliphatic carbocycles. The summed E-state index contributed by atoms with van der Waals surface area (Å²) in [5, 5.41) is 11.9. The molecular formula is C21H20N4O3. The summed E-state index contributed by atoms with van der Waals surface area (Å²) in [7, 11) is 0. The fourth-order valence-corrected chi connectivity index (χ4v) is 2.89. The van der Waals surface area contributed by atoms with Crippen molar-refractivity contribution in [3.05, 3.63) is 78.1 Å². The Hall–Kier alpha value is -3.74. The molecule has 28 heavy (non-hydrogen) atoms. The molecule has 0 saturated heterocycles. The summed E-state index contributed by atoms with van der Waals surface area (Å²) in [6, 6.07) is 18.6. The molecule has 1 amide bonds. The van der Waals surface area contributed by atoms with E-state index in [9.17, 15) is 14.7 Å². The maximum absolute atomic E-state index is 12.4. The van der Waals surface area contributed by atoms with Gasteiger partial charge >= 0.3 is 5.97 Å². The number of carbonyl (C=O) groups is 2. The highest BCUT2D eigenvalue weighted by molar-refractivity contribution is 5.92. The Balaban J connectivity index is 1.71. The largest absolute Gasteiger partial charge is 0.481 e. The number of benzene rings is 2. The average molecular weight is 376 g/mol. The molecule has 4 N–H and O–H groups in total. The molecular weight excluding hydrogens is 356 g/mol. The number of hydrogen-bond acceptors (Lipinski definition) is 5. The maximum Gasteiger partial charge on any atom is 0.305 e. The summed E-state index contributed by atoms with van der Waals surface area (Å²) in [4.78, 5) is 31.2. The highest BCUT2D eigenvalue weighted by Gasteiger charge is 2.18. The van der Waals surface area contributed by atoms with Crippen LogP contribution in [0.15, 0.2) is 66.9 Å². The van der Waals surface area contributed by atoms with Crippen molar-refractivity contribution in [2.45, 2.75) is 18.9 Å². The number of aromatic nitrogens is 2. The van der Waals surface area contributed by atoms with Gasteiger partial charge in [0.1, 0.15) is 5.69 Å². The minimum Gasteiger partial charge on any atom is -0.481 e. The van der Waals surface area contributed by atoms with E-state index < -0.39 is 17.9 Å². The average Bonchev–Trinajstić information content (AvgIpc) is 2.68. The molecule has 0 aliphatic heterocycles. The standard InChI is InChI=1S/C21H20N4O3/c22-21-23-11-10-18(25-21)20(28)24-17(13-19(26)27)12-14-6-8-16(9-7-14)15-4-2-1-3-5-15/h1-11,17H,12-13H2,(H,24,28)(H,26,27)(H2,22,23,25). The topological polar surface area (TPSA) is 118 Å². The number of aliphatic carboxylic acids is 1. The Labute approximate surface area is 162 Å². The lowest BCUT2D eigenvalue weighted by Gasteiger charge is -2.17.